The van der Waals surface area contributed by atoms with Gasteiger partial charge >= 0.3 is 0 Å². The monoisotopic (exact) mass is 353 g/mol. The summed E-state index contributed by atoms with van der Waals surface area (Å²) in [4.78, 5) is 12.0. The maximum Gasteiger partial charge on any atom is 0.255 e. The maximum atomic E-state index is 12.0. The smallest absolute Gasteiger partial charge is 0.255 e. The third-order valence-corrected chi connectivity index (χ3v) is 3.26. The second kappa shape index (κ2) is 5.97. The van der Waals surface area contributed by atoms with E-state index in [1.165, 1.54) is 0 Å². The van der Waals surface area contributed by atoms with Crippen molar-refractivity contribution < 1.29 is 9.90 Å². The van der Waals surface area contributed by atoms with Crippen molar-refractivity contribution in [1.29, 1.82) is 0 Å². The lowest BCUT2D eigenvalue weighted by Gasteiger charge is -2.09. The van der Waals surface area contributed by atoms with E-state index >= 15 is 0 Å². The number of benzene rings is 2. The highest BCUT2D eigenvalue weighted by molar-refractivity contribution is 14.1. The fourth-order valence-corrected chi connectivity index (χ4v) is 1.94. The van der Waals surface area contributed by atoms with Crippen LogP contribution in [0.3, 0.4) is 0 Å². The van der Waals surface area contributed by atoms with Crippen molar-refractivity contribution in [3.63, 3.8) is 0 Å². The molecule has 2 N–H and O–H groups in total. The summed E-state index contributed by atoms with van der Waals surface area (Å²) in [5.74, 6) is -0.174. The molecule has 1 amide bonds. The van der Waals surface area contributed by atoms with E-state index in [9.17, 15) is 9.90 Å². The topological polar surface area (TPSA) is 49.3 Å². The first-order chi connectivity index (χ1) is 8.70. The van der Waals surface area contributed by atoms with Crippen LogP contribution >= 0.6 is 22.6 Å². The van der Waals surface area contributed by atoms with Crippen LogP contribution in [0, 0.1) is 3.57 Å². The first-order valence-corrected chi connectivity index (χ1v) is 6.54. The van der Waals surface area contributed by atoms with Crippen LogP contribution in [0.15, 0.2) is 48.5 Å². The molecular weight excluding hydrogens is 341 g/mol. The molecule has 0 aliphatic carbocycles. The van der Waals surface area contributed by atoms with Gasteiger partial charge in [-0.15, -0.1) is 0 Å². The zero-order valence-corrected chi connectivity index (χ0v) is 11.7. The van der Waals surface area contributed by atoms with Gasteiger partial charge in [0.25, 0.3) is 5.91 Å². The molecule has 0 aliphatic rings. The number of hydrogen-bond acceptors (Lipinski definition) is 2. The predicted octanol–water partition coefficient (Wildman–Crippen LogP) is 3.04. The highest BCUT2D eigenvalue weighted by Gasteiger charge is 2.08. The summed E-state index contributed by atoms with van der Waals surface area (Å²) >= 11 is 2.19. The largest absolute Gasteiger partial charge is 0.392 e. The Labute approximate surface area is 119 Å². The lowest BCUT2D eigenvalue weighted by Crippen LogP contribution is -2.13. The third kappa shape index (κ3) is 3.08. The lowest BCUT2D eigenvalue weighted by atomic mass is 10.1. The van der Waals surface area contributed by atoms with Gasteiger partial charge in [0.1, 0.15) is 0 Å². The molecule has 0 aromatic heterocycles. The van der Waals surface area contributed by atoms with Crippen LogP contribution in [0.1, 0.15) is 15.9 Å². The van der Waals surface area contributed by atoms with E-state index < -0.39 is 0 Å². The summed E-state index contributed by atoms with van der Waals surface area (Å²) in [6, 6.07) is 14.5. The van der Waals surface area contributed by atoms with Crippen LogP contribution in [-0.2, 0) is 6.61 Å². The molecule has 0 radical (unpaired) electrons. The minimum atomic E-state index is -0.174. The van der Waals surface area contributed by atoms with E-state index in [1.807, 2.05) is 24.3 Å². The Morgan fingerprint density at radius 3 is 2.44 bits per heavy atom. The number of anilines is 1. The van der Waals surface area contributed by atoms with Gasteiger partial charge in [-0.2, -0.15) is 0 Å². The molecule has 0 fully saturated rings. The van der Waals surface area contributed by atoms with Gasteiger partial charge in [0, 0.05) is 20.4 Å². The van der Waals surface area contributed by atoms with Crippen molar-refractivity contribution >= 4 is 34.2 Å². The minimum Gasteiger partial charge on any atom is -0.392 e. The van der Waals surface area contributed by atoms with E-state index in [2.05, 4.69) is 27.9 Å². The number of nitrogens with one attached hydrogen (secondary N) is 1. The lowest BCUT2D eigenvalue weighted by molar-refractivity contribution is 0.102. The highest BCUT2D eigenvalue weighted by Crippen LogP contribution is 2.16. The average Bonchev–Trinajstić information content (AvgIpc) is 2.40. The number of para-hydroxylation sites is 1. The molecule has 3 nitrogen and oxygen atoms in total. The molecule has 0 bridgehead atoms. The molecule has 18 heavy (non-hydrogen) atoms. The number of aliphatic hydroxyl groups excluding tert-OH is 1. The predicted molar refractivity (Wildman–Crippen MR) is 79.5 cm³/mol. The Hall–Kier alpha value is -1.40. The standard InChI is InChI=1S/C14H12INO2/c15-12-7-5-10(6-8-12)14(18)16-13-4-2-1-3-11(13)9-17/h1-8,17H,9H2,(H,16,18). The number of hydrogen-bond donors (Lipinski definition) is 2. The molecule has 0 spiro atoms. The number of rotatable bonds is 3. The summed E-state index contributed by atoms with van der Waals surface area (Å²) < 4.78 is 1.08. The van der Waals surface area contributed by atoms with Gasteiger partial charge in [-0.05, 0) is 52.9 Å². The summed E-state index contributed by atoms with van der Waals surface area (Å²) in [5.41, 5.74) is 1.95. The van der Waals surface area contributed by atoms with E-state index in [-0.39, 0.29) is 12.5 Å². The summed E-state index contributed by atoms with van der Waals surface area (Å²) in [6.45, 7) is -0.0941. The molecule has 4 heteroatoms. The quantitative estimate of drug-likeness (QED) is 0.834. The van der Waals surface area contributed by atoms with Crippen molar-refractivity contribution in [3.05, 3.63) is 63.2 Å². The first kappa shape index (κ1) is 13.0. The van der Waals surface area contributed by atoms with Gasteiger partial charge in [-0.25, -0.2) is 0 Å². The van der Waals surface area contributed by atoms with E-state index in [0.29, 0.717) is 16.8 Å². The highest BCUT2D eigenvalue weighted by atomic mass is 127. The zero-order valence-electron chi connectivity index (χ0n) is 9.56. The van der Waals surface area contributed by atoms with Gasteiger partial charge in [0.15, 0.2) is 0 Å². The normalized spacial score (nSPS) is 10.1. The fraction of sp³-hybridized carbons (Fsp3) is 0.0714. The van der Waals surface area contributed by atoms with Crippen LogP contribution in [0.5, 0.6) is 0 Å². The molecule has 0 atom stereocenters. The van der Waals surface area contributed by atoms with Gasteiger partial charge in [0.2, 0.25) is 0 Å². The number of aliphatic hydroxyl groups is 1. The Morgan fingerprint density at radius 2 is 1.78 bits per heavy atom. The van der Waals surface area contributed by atoms with Gasteiger partial charge in [-0.3, -0.25) is 4.79 Å². The first-order valence-electron chi connectivity index (χ1n) is 5.46. The third-order valence-electron chi connectivity index (χ3n) is 2.54. The Balaban J connectivity index is 2.18. The molecule has 0 saturated heterocycles. The Bertz CT molecular complexity index is 552. The Kier molecular flexibility index (Phi) is 4.33. The Morgan fingerprint density at radius 1 is 1.11 bits per heavy atom. The van der Waals surface area contributed by atoms with Crippen LogP contribution in [-0.4, -0.2) is 11.0 Å². The van der Waals surface area contributed by atoms with Crippen molar-refractivity contribution in [2.75, 3.05) is 5.32 Å². The fourth-order valence-electron chi connectivity index (χ4n) is 1.58. The molecule has 2 aromatic carbocycles. The number of amides is 1. The summed E-state index contributed by atoms with van der Waals surface area (Å²) in [5, 5.41) is 12.0. The van der Waals surface area contributed by atoms with Crippen LogP contribution in [0.25, 0.3) is 0 Å². The SMILES string of the molecule is O=C(Nc1ccccc1CO)c1ccc(I)cc1. The van der Waals surface area contributed by atoms with Crippen molar-refractivity contribution in [2.24, 2.45) is 0 Å². The second-order valence-electron chi connectivity index (χ2n) is 3.78. The summed E-state index contributed by atoms with van der Waals surface area (Å²) in [6.07, 6.45) is 0. The maximum absolute atomic E-state index is 12.0. The molecule has 0 aliphatic heterocycles. The van der Waals surface area contributed by atoms with E-state index in [0.717, 1.165) is 3.57 Å². The molecule has 0 unspecified atom stereocenters. The number of carbonyl (C=O) groups is 1. The van der Waals surface area contributed by atoms with E-state index in [1.54, 1.807) is 24.3 Å². The van der Waals surface area contributed by atoms with E-state index in [4.69, 9.17) is 0 Å². The van der Waals surface area contributed by atoms with Gasteiger partial charge < -0.3 is 10.4 Å². The minimum absolute atomic E-state index is 0.0941. The van der Waals surface area contributed by atoms with Crippen molar-refractivity contribution in [1.82, 2.24) is 0 Å². The van der Waals surface area contributed by atoms with Crippen LogP contribution in [0.4, 0.5) is 5.69 Å². The molecule has 92 valence electrons. The molecule has 0 saturated carbocycles. The van der Waals surface area contributed by atoms with Gasteiger partial charge in [0.05, 0.1) is 6.61 Å². The van der Waals surface area contributed by atoms with Gasteiger partial charge in [-0.1, -0.05) is 18.2 Å². The summed E-state index contributed by atoms with van der Waals surface area (Å²) in [7, 11) is 0. The molecule has 2 rings (SSSR count). The number of carbonyl (C=O) groups excluding carboxylic acids is 1. The number of halogens is 1. The van der Waals surface area contributed by atoms with Crippen LogP contribution < -0.4 is 5.32 Å². The average molecular weight is 353 g/mol. The van der Waals surface area contributed by atoms with Crippen LogP contribution in [0.2, 0.25) is 0 Å². The van der Waals surface area contributed by atoms with Crippen molar-refractivity contribution in [2.45, 2.75) is 6.61 Å². The molecular formula is C14H12INO2. The zero-order chi connectivity index (χ0) is 13.0. The molecule has 2 aromatic rings. The second-order valence-corrected chi connectivity index (χ2v) is 5.02. The van der Waals surface area contributed by atoms with Crippen molar-refractivity contribution in [3.8, 4) is 0 Å². The molecule has 0 heterocycles.